The minimum atomic E-state index is -4.17. The summed E-state index contributed by atoms with van der Waals surface area (Å²) in [6.45, 7) is 1.83. The molecule has 1 atom stereocenters. The van der Waals surface area contributed by atoms with Crippen molar-refractivity contribution in [1.82, 2.24) is 0 Å². The SMILES string of the molecule is CCCC(O)CC(=O)C(=[N+]=[N-])S(=O)(=O)c1ccccc1. The van der Waals surface area contributed by atoms with E-state index >= 15 is 0 Å². The lowest BCUT2D eigenvalue weighted by Gasteiger charge is -2.06. The van der Waals surface area contributed by atoms with E-state index < -0.39 is 26.8 Å². The molecule has 0 saturated carbocycles. The van der Waals surface area contributed by atoms with Gasteiger partial charge in [-0.05, 0) is 18.6 Å². The average molecular weight is 296 g/mol. The summed E-state index contributed by atoms with van der Waals surface area (Å²) in [6.07, 6.45) is -0.309. The molecular weight excluding hydrogens is 280 g/mol. The fourth-order valence-corrected chi connectivity index (χ4v) is 2.94. The Balaban J connectivity index is 3.03. The Hall–Kier alpha value is -1.82. The molecule has 6 nitrogen and oxygen atoms in total. The Kier molecular flexibility index (Phi) is 5.76. The highest BCUT2D eigenvalue weighted by Gasteiger charge is 2.37. The topological polar surface area (TPSA) is 108 Å². The second-order valence-corrected chi connectivity index (χ2v) is 6.16. The molecule has 0 amide bonds. The molecule has 1 rings (SSSR count). The number of nitrogens with zero attached hydrogens (tertiary/aromatic N) is 2. The largest absolute Gasteiger partial charge is 0.452 e. The number of Topliss-reactive ketones (excluding diaryl/α,β-unsaturated/α-hetero) is 1. The first-order valence-corrected chi connectivity index (χ1v) is 7.65. The van der Waals surface area contributed by atoms with Gasteiger partial charge in [0.15, 0.2) is 0 Å². The van der Waals surface area contributed by atoms with Crippen molar-refractivity contribution >= 4 is 20.7 Å². The van der Waals surface area contributed by atoms with Crippen LogP contribution in [0.4, 0.5) is 0 Å². The van der Waals surface area contributed by atoms with Gasteiger partial charge in [-0.1, -0.05) is 31.5 Å². The standard InChI is InChI=1S/C13H16N2O4S/c1-2-6-10(16)9-12(17)13(15-14)20(18,19)11-7-4-3-5-8-11/h3-5,7-8,10,16H,2,6,9H2,1H3. The lowest BCUT2D eigenvalue weighted by atomic mass is 10.1. The van der Waals surface area contributed by atoms with Gasteiger partial charge in [-0.15, -0.1) is 4.79 Å². The van der Waals surface area contributed by atoms with E-state index in [-0.39, 0.29) is 11.3 Å². The van der Waals surface area contributed by atoms with Crippen LogP contribution in [0.5, 0.6) is 0 Å². The van der Waals surface area contributed by atoms with Crippen LogP contribution < -0.4 is 0 Å². The number of carbonyl (C=O) groups excluding carboxylic acids is 1. The van der Waals surface area contributed by atoms with Crippen molar-refractivity contribution in [2.45, 2.75) is 37.2 Å². The summed E-state index contributed by atoms with van der Waals surface area (Å²) in [6, 6.07) is 7.23. The van der Waals surface area contributed by atoms with Crippen LogP contribution in [0.15, 0.2) is 35.2 Å². The number of aliphatic hydroxyl groups excluding tert-OH is 1. The van der Waals surface area contributed by atoms with Gasteiger partial charge >= 0.3 is 5.04 Å². The lowest BCUT2D eigenvalue weighted by molar-refractivity contribution is -0.118. The molecular formula is C13H16N2O4S. The van der Waals surface area contributed by atoms with Crippen LogP contribution in [0.25, 0.3) is 5.53 Å². The first kappa shape index (κ1) is 16.2. The van der Waals surface area contributed by atoms with Crippen LogP contribution in [0.1, 0.15) is 26.2 Å². The molecule has 0 aliphatic rings. The smallest absolute Gasteiger partial charge is 0.393 e. The Morgan fingerprint density at radius 3 is 2.45 bits per heavy atom. The highest BCUT2D eigenvalue weighted by atomic mass is 32.2. The lowest BCUT2D eigenvalue weighted by Crippen LogP contribution is -2.28. The van der Waals surface area contributed by atoms with E-state index in [1.54, 1.807) is 6.07 Å². The van der Waals surface area contributed by atoms with Crippen molar-refractivity contribution in [3.05, 3.63) is 35.9 Å². The fraction of sp³-hybridized carbons (Fsp3) is 0.385. The molecule has 0 fully saturated rings. The summed E-state index contributed by atoms with van der Waals surface area (Å²) in [5.74, 6) is -0.905. The van der Waals surface area contributed by atoms with E-state index in [2.05, 4.69) is 4.79 Å². The number of carbonyl (C=O) groups is 1. The van der Waals surface area contributed by atoms with Gasteiger partial charge in [-0.2, -0.15) is 0 Å². The molecule has 7 heteroatoms. The normalized spacial score (nSPS) is 12.5. The Bertz CT molecular complexity index is 619. The third-order valence-electron chi connectivity index (χ3n) is 2.68. The summed E-state index contributed by atoms with van der Waals surface area (Å²) in [5.41, 5.74) is 8.84. The minimum Gasteiger partial charge on any atom is -0.393 e. The predicted octanol–water partition coefficient (Wildman–Crippen LogP) is 1.21. The Morgan fingerprint density at radius 1 is 1.35 bits per heavy atom. The molecule has 108 valence electrons. The van der Waals surface area contributed by atoms with Crippen molar-refractivity contribution in [1.29, 1.82) is 0 Å². The Morgan fingerprint density at radius 2 is 1.95 bits per heavy atom. The average Bonchev–Trinajstić information content (AvgIpc) is 2.40. The van der Waals surface area contributed by atoms with Crippen LogP contribution in [0.3, 0.4) is 0 Å². The number of benzene rings is 1. The van der Waals surface area contributed by atoms with Crippen LogP contribution in [-0.2, 0) is 14.6 Å². The zero-order chi connectivity index (χ0) is 15.2. The molecule has 0 aliphatic carbocycles. The van der Waals surface area contributed by atoms with Gasteiger partial charge in [0.1, 0.15) is 0 Å². The molecule has 0 bridgehead atoms. The molecule has 1 unspecified atom stereocenters. The van der Waals surface area contributed by atoms with Crippen molar-refractivity contribution in [3.8, 4) is 0 Å². The Labute approximate surface area is 117 Å². The van der Waals surface area contributed by atoms with E-state index in [0.717, 1.165) is 0 Å². The maximum atomic E-state index is 12.2. The van der Waals surface area contributed by atoms with Gasteiger partial charge in [0.2, 0.25) is 0 Å². The summed E-state index contributed by atoms with van der Waals surface area (Å²) in [5, 5.41) is 8.60. The second kappa shape index (κ2) is 7.09. The molecule has 0 aromatic heterocycles. The van der Waals surface area contributed by atoms with Gasteiger partial charge in [-0.3, -0.25) is 4.79 Å². The van der Waals surface area contributed by atoms with E-state index in [9.17, 15) is 18.3 Å². The van der Waals surface area contributed by atoms with Gasteiger partial charge in [0.25, 0.3) is 15.6 Å². The van der Waals surface area contributed by atoms with E-state index in [1.807, 2.05) is 6.92 Å². The number of aliphatic hydroxyl groups is 1. The first-order chi connectivity index (χ1) is 9.43. The number of rotatable bonds is 6. The van der Waals surface area contributed by atoms with Crippen LogP contribution in [0, 0.1) is 0 Å². The highest BCUT2D eigenvalue weighted by Crippen LogP contribution is 2.13. The molecule has 0 saturated heterocycles. The molecule has 0 spiro atoms. The highest BCUT2D eigenvalue weighted by molar-refractivity contribution is 8.08. The molecule has 0 aliphatic heterocycles. The summed E-state index contributed by atoms with van der Waals surface area (Å²) in [4.78, 5) is 14.3. The van der Waals surface area contributed by atoms with Crippen LogP contribution >= 0.6 is 0 Å². The minimum absolute atomic E-state index is 0.133. The number of sulfone groups is 1. The van der Waals surface area contributed by atoms with Crippen molar-refractivity contribution < 1.29 is 23.1 Å². The molecule has 20 heavy (non-hydrogen) atoms. The number of hydrogen-bond acceptors (Lipinski definition) is 4. The van der Waals surface area contributed by atoms with Crippen molar-refractivity contribution in [3.63, 3.8) is 0 Å². The monoisotopic (exact) mass is 296 g/mol. The molecule has 0 heterocycles. The fourth-order valence-electron chi connectivity index (χ4n) is 1.71. The van der Waals surface area contributed by atoms with Crippen molar-refractivity contribution in [2.24, 2.45) is 0 Å². The third-order valence-corrected chi connectivity index (χ3v) is 4.39. The third kappa shape index (κ3) is 3.84. The molecule has 0 radical (unpaired) electrons. The first-order valence-electron chi connectivity index (χ1n) is 6.17. The zero-order valence-corrected chi connectivity index (χ0v) is 11.9. The van der Waals surface area contributed by atoms with Crippen LogP contribution in [0.2, 0.25) is 0 Å². The van der Waals surface area contributed by atoms with Crippen molar-refractivity contribution in [2.75, 3.05) is 0 Å². The summed E-state index contributed by atoms with van der Waals surface area (Å²) < 4.78 is 24.3. The van der Waals surface area contributed by atoms with Gasteiger partial charge in [-0.25, -0.2) is 8.42 Å². The quantitative estimate of drug-likeness (QED) is 0.368. The summed E-state index contributed by atoms with van der Waals surface area (Å²) in [7, 11) is -4.17. The number of hydrogen-bond donors (Lipinski definition) is 1. The zero-order valence-electron chi connectivity index (χ0n) is 11.1. The maximum Gasteiger partial charge on any atom is 0.452 e. The van der Waals surface area contributed by atoms with Crippen LogP contribution in [-0.4, -0.2) is 35.2 Å². The second-order valence-electron chi connectivity index (χ2n) is 4.29. The van der Waals surface area contributed by atoms with Gasteiger partial charge < -0.3 is 10.6 Å². The van der Waals surface area contributed by atoms with E-state index in [1.165, 1.54) is 24.3 Å². The van der Waals surface area contributed by atoms with Gasteiger partial charge in [0.05, 0.1) is 11.0 Å². The number of ketones is 1. The molecule has 1 aromatic rings. The predicted molar refractivity (Wildman–Crippen MR) is 72.8 cm³/mol. The molecule has 1 N–H and O–H groups in total. The van der Waals surface area contributed by atoms with E-state index in [0.29, 0.717) is 12.8 Å². The summed E-state index contributed by atoms with van der Waals surface area (Å²) >= 11 is 0. The van der Waals surface area contributed by atoms with Gasteiger partial charge in [0, 0.05) is 6.42 Å². The van der Waals surface area contributed by atoms with E-state index in [4.69, 9.17) is 5.53 Å². The molecule has 1 aromatic carbocycles. The maximum absolute atomic E-state index is 12.2.